The Kier molecular flexibility index (Phi) is 4.48. The first kappa shape index (κ1) is 14.1. The third-order valence-electron chi connectivity index (χ3n) is 3.10. The van der Waals surface area contributed by atoms with E-state index < -0.39 is 5.60 Å². The average molecular weight is 336 g/mol. The number of hydrogen-bond acceptors (Lipinski definition) is 4. The highest BCUT2D eigenvalue weighted by Crippen LogP contribution is 2.28. The van der Waals surface area contributed by atoms with Crippen LogP contribution in [0.1, 0.15) is 12.8 Å². The Balaban J connectivity index is 2.08. The number of rotatable bonds is 3. The molecule has 1 saturated heterocycles. The van der Waals surface area contributed by atoms with Gasteiger partial charge in [-0.3, -0.25) is 0 Å². The molecule has 0 spiro atoms. The maximum atomic E-state index is 10.5. The Labute approximate surface area is 120 Å². The Hall–Kier alpha value is -0.360. The van der Waals surface area contributed by atoms with Crippen LogP contribution in [0, 0.1) is 0 Å². The smallest absolute Gasteiger partial charge is 0.142 e. The fourth-order valence-corrected chi connectivity index (χ4v) is 3.06. The molecule has 100 valence electrons. The van der Waals surface area contributed by atoms with Crippen molar-refractivity contribution in [3.63, 3.8) is 0 Å². The summed E-state index contributed by atoms with van der Waals surface area (Å²) in [6.07, 6.45) is 2.91. The lowest BCUT2D eigenvalue weighted by molar-refractivity contribution is -0.0573. The molecule has 0 atom stereocenters. The zero-order valence-electron chi connectivity index (χ0n) is 10.2. The number of nitrogens with zero attached hydrogens (tertiary/aromatic N) is 2. The van der Waals surface area contributed by atoms with Crippen molar-refractivity contribution in [1.29, 1.82) is 0 Å². The molecule has 0 amide bonds. The summed E-state index contributed by atoms with van der Waals surface area (Å²) < 4.78 is 6.10. The van der Waals surface area contributed by atoms with Gasteiger partial charge < -0.3 is 14.7 Å². The van der Waals surface area contributed by atoms with Crippen LogP contribution in [0.15, 0.2) is 16.7 Å². The average Bonchev–Trinajstić information content (AvgIpc) is 2.28. The normalized spacial score (nSPS) is 18.7. The Morgan fingerprint density at radius 3 is 2.83 bits per heavy atom. The number of aliphatic hydroxyl groups is 1. The van der Waals surface area contributed by atoms with Crippen molar-refractivity contribution < 1.29 is 9.84 Å². The predicted octanol–water partition coefficient (Wildman–Crippen LogP) is 2.48. The van der Waals surface area contributed by atoms with Gasteiger partial charge in [-0.25, -0.2) is 4.98 Å². The molecule has 1 aliphatic heterocycles. The van der Waals surface area contributed by atoms with Crippen LogP contribution >= 0.6 is 27.5 Å². The highest BCUT2D eigenvalue weighted by Gasteiger charge is 2.31. The molecule has 0 aromatic carbocycles. The Bertz CT molecular complexity index is 425. The molecule has 0 saturated carbocycles. The third-order valence-corrected chi connectivity index (χ3v) is 3.90. The molecule has 1 N–H and O–H groups in total. The van der Waals surface area contributed by atoms with E-state index in [2.05, 4.69) is 20.9 Å². The lowest BCUT2D eigenvalue weighted by atomic mass is 9.94. The lowest BCUT2D eigenvalue weighted by Crippen LogP contribution is -2.46. The van der Waals surface area contributed by atoms with Gasteiger partial charge in [-0.05, 0) is 22.0 Å². The summed E-state index contributed by atoms with van der Waals surface area (Å²) >= 11 is 9.30. The molecular weight excluding hydrogens is 320 g/mol. The van der Waals surface area contributed by atoms with E-state index in [-0.39, 0.29) is 0 Å². The topological polar surface area (TPSA) is 45.6 Å². The van der Waals surface area contributed by atoms with E-state index in [0.717, 1.165) is 10.3 Å². The first-order valence-electron chi connectivity index (χ1n) is 5.82. The van der Waals surface area contributed by atoms with Crippen molar-refractivity contribution in [1.82, 2.24) is 4.98 Å². The van der Waals surface area contributed by atoms with Crippen molar-refractivity contribution in [2.75, 3.05) is 31.7 Å². The number of ether oxygens (including phenoxy) is 1. The molecule has 6 heteroatoms. The molecule has 0 bridgehead atoms. The Morgan fingerprint density at radius 1 is 1.56 bits per heavy atom. The van der Waals surface area contributed by atoms with Crippen molar-refractivity contribution in [3.05, 3.63) is 21.8 Å². The van der Waals surface area contributed by atoms with Gasteiger partial charge in [0.15, 0.2) is 0 Å². The second-order valence-electron chi connectivity index (χ2n) is 4.65. The first-order chi connectivity index (χ1) is 8.50. The quantitative estimate of drug-likeness (QED) is 0.922. The maximum absolute atomic E-state index is 10.5. The molecule has 0 aliphatic carbocycles. The summed E-state index contributed by atoms with van der Waals surface area (Å²) in [5.41, 5.74) is -0.701. The van der Waals surface area contributed by atoms with Crippen LogP contribution < -0.4 is 4.90 Å². The lowest BCUT2D eigenvalue weighted by Gasteiger charge is -2.36. The molecule has 2 heterocycles. The second kappa shape index (κ2) is 5.74. The summed E-state index contributed by atoms with van der Waals surface area (Å²) in [5.74, 6) is 0.777. The van der Waals surface area contributed by atoms with Gasteiger partial charge in [-0.2, -0.15) is 0 Å². The highest BCUT2D eigenvalue weighted by molar-refractivity contribution is 9.10. The number of likely N-dealkylation sites (N-methyl/N-ethyl adjacent to an activating group) is 1. The van der Waals surface area contributed by atoms with Crippen LogP contribution in [0.2, 0.25) is 5.02 Å². The van der Waals surface area contributed by atoms with Crippen molar-refractivity contribution in [2.24, 2.45) is 0 Å². The fourth-order valence-electron chi connectivity index (χ4n) is 2.11. The summed E-state index contributed by atoms with van der Waals surface area (Å²) in [6.45, 7) is 1.75. The molecule has 2 rings (SSSR count). The van der Waals surface area contributed by atoms with Gasteiger partial charge in [0, 0.05) is 45.8 Å². The van der Waals surface area contributed by atoms with Gasteiger partial charge in [0.05, 0.1) is 15.1 Å². The fraction of sp³-hybridized carbons (Fsp3) is 0.583. The molecule has 1 aromatic heterocycles. The van der Waals surface area contributed by atoms with Gasteiger partial charge in [0.2, 0.25) is 0 Å². The van der Waals surface area contributed by atoms with Crippen LogP contribution in [0.4, 0.5) is 5.82 Å². The standard InChI is InChI=1S/C12H16BrClN2O2/c1-16(8-12(17)2-4-18-5-3-12)11-10(13)6-9(14)7-15-11/h6-7,17H,2-5,8H2,1H3. The number of anilines is 1. The van der Waals surface area contributed by atoms with E-state index in [1.54, 1.807) is 12.3 Å². The Morgan fingerprint density at radius 2 is 2.22 bits per heavy atom. The first-order valence-corrected chi connectivity index (χ1v) is 7.00. The summed E-state index contributed by atoms with van der Waals surface area (Å²) in [4.78, 5) is 6.22. The minimum Gasteiger partial charge on any atom is -0.388 e. The van der Waals surface area contributed by atoms with Gasteiger partial charge in [-0.15, -0.1) is 0 Å². The van der Waals surface area contributed by atoms with Gasteiger partial charge in [0.1, 0.15) is 5.82 Å². The zero-order chi connectivity index (χ0) is 13.2. The number of pyridine rings is 1. The predicted molar refractivity (Wildman–Crippen MR) is 75.2 cm³/mol. The number of hydrogen-bond donors (Lipinski definition) is 1. The number of halogens is 2. The monoisotopic (exact) mass is 334 g/mol. The van der Waals surface area contributed by atoms with Crippen LogP contribution in [0.25, 0.3) is 0 Å². The van der Waals surface area contributed by atoms with E-state index in [9.17, 15) is 5.11 Å². The summed E-state index contributed by atoms with van der Waals surface area (Å²) in [6, 6.07) is 1.80. The molecular formula is C12H16BrClN2O2. The minimum atomic E-state index is -0.701. The molecule has 0 radical (unpaired) electrons. The number of aromatic nitrogens is 1. The van der Waals surface area contributed by atoms with Gasteiger partial charge in [0.25, 0.3) is 0 Å². The van der Waals surface area contributed by atoms with Crippen molar-refractivity contribution in [2.45, 2.75) is 18.4 Å². The third kappa shape index (κ3) is 3.35. The second-order valence-corrected chi connectivity index (χ2v) is 5.94. The van der Waals surface area contributed by atoms with Crippen molar-refractivity contribution in [3.8, 4) is 0 Å². The van der Waals surface area contributed by atoms with Crippen LogP contribution in [0.5, 0.6) is 0 Å². The summed E-state index contributed by atoms with van der Waals surface area (Å²) in [5, 5.41) is 11.0. The molecule has 1 aliphatic rings. The molecule has 1 fully saturated rings. The molecule has 0 unspecified atom stereocenters. The van der Waals surface area contributed by atoms with E-state index in [1.807, 2.05) is 11.9 Å². The minimum absolute atomic E-state index is 0.531. The van der Waals surface area contributed by atoms with Gasteiger partial charge in [-0.1, -0.05) is 11.6 Å². The molecule has 18 heavy (non-hydrogen) atoms. The van der Waals surface area contributed by atoms with Crippen LogP contribution in [0.3, 0.4) is 0 Å². The van der Waals surface area contributed by atoms with Crippen LogP contribution in [-0.4, -0.2) is 42.5 Å². The van der Waals surface area contributed by atoms with E-state index in [4.69, 9.17) is 16.3 Å². The largest absolute Gasteiger partial charge is 0.388 e. The van der Waals surface area contributed by atoms with Crippen molar-refractivity contribution >= 4 is 33.3 Å². The van der Waals surface area contributed by atoms with E-state index in [1.165, 1.54) is 0 Å². The van der Waals surface area contributed by atoms with Gasteiger partial charge >= 0.3 is 0 Å². The highest BCUT2D eigenvalue weighted by atomic mass is 79.9. The zero-order valence-corrected chi connectivity index (χ0v) is 12.5. The van der Waals surface area contributed by atoms with E-state index in [0.29, 0.717) is 37.6 Å². The molecule has 1 aromatic rings. The summed E-state index contributed by atoms with van der Waals surface area (Å²) in [7, 11) is 1.91. The van der Waals surface area contributed by atoms with E-state index >= 15 is 0 Å². The SMILES string of the molecule is CN(CC1(O)CCOCC1)c1ncc(Cl)cc1Br. The van der Waals surface area contributed by atoms with Crippen LogP contribution in [-0.2, 0) is 4.74 Å². The molecule has 4 nitrogen and oxygen atoms in total. The maximum Gasteiger partial charge on any atom is 0.142 e.